The molecule has 9 nitrogen and oxygen atoms in total. The first kappa shape index (κ1) is 21.4. The molecule has 2 unspecified atom stereocenters. The Morgan fingerprint density at radius 2 is 1.93 bits per heavy atom. The molecule has 2 heterocycles. The standard InChI is InChI=1S/C18H30N2O7/c1-3-24-18(23)20-8-6-14(7-9-20)19-16(21)12-27-17(22)13(2)26-11-15-5-4-10-25-15/h13-15H,3-12H2,1-2H3,(H,19,21). The number of hydrogen-bond donors (Lipinski definition) is 1. The Kier molecular flexibility index (Phi) is 8.80. The third kappa shape index (κ3) is 7.34. The number of piperidine rings is 1. The van der Waals surface area contributed by atoms with E-state index in [4.69, 9.17) is 18.9 Å². The molecule has 0 bridgehead atoms. The number of nitrogens with one attached hydrogen (secondary N) is 1. The lowest BCUT2D eigenvalue weighted by atomic mass is 10.1. The van der Waals surface area contributed by atoms with Gasteiger partial charge in [0.05, 0.1) is 19.3 Å². The fourth-order valence-corrected chi connectivity index (χ4v) is 3.04. The van der Waals surface area contributed by atoms with Gasteiger partial charge in [0.25, 0.3) is 5.91 Å². The van der Waals surface area contributed by atoms with Crippen molar-refractivity contribution in [2.75, 3.05) is 39.5 Å². The van der Waals surface area contributed by atoms with Gasteiger partial charge in [0.15, 0.2) is 12.7 Å². The predicted molar refractivity (Wildman–Crippen MR) is 95.1 cm³/mol. The number of esters is 1. The van der Waals surface area contributed by atoms with E-state index in [9.17, 15) is 14.4 Å². The Balaban J connectivity index is 1.58. The first-order chi connectivity index (χ1) is 13.0. The normalized spacial score (nSPS) is 21.6. The Labute approximate surface area is 159 Å². The number of nitrogens with zero attached hydrogens (tertiary/aromatic N) is 1. The molecule has 0 aromatic heterocycles. The zero-order chi connectivity index (χ0) is 19.6. The van der Waals surface area contributed by atoms with Crippen LogP contribution in [0.15, 0.2) is 0 Å². The molecule has 2 aliphatic heterocycles. The van der Waals surface area contributed by atoms with Crippen LogP contribution >= 0.6 is 0 Å². The lowest BCUT2D eigenvalue weighted by molar-refractivity contribution is -0.160. The maximum atomic E-state index is 12.0. The average molecular weight is 386 g/mol. The summed E-state index contributed by atoms with van der Waals surface area (Å²) in [7, 11) is 0. The maximum absolute atomic E-state index is 12.0. The number of likely N-dealkylation sites (tertiary alicyclic amines) is 1. The zero-order valence-electron chi connectivity index (χ0n) is 16.1. The summed E-state index contributed by atoms with van der Waals surface area (Å²) in [6, 6.07) is -0.0462. The van der Waals surface area contributed by atoms with Gasteiger partial charge in [-0.25, -0.2) is 9.59 Å². The van der Waals surface area contributed by atoms with E-state index in [0.717, 1.165) is 19.4 Å². The Hall–Kier alpha value is -1.87. The Morgan fingerprint density at radius 3 is 2.56 bits per heavy atom. The average Bonchev–Trinajstić information content (AvgIpc) is 3.18. The van der Waals surface area contributed by atoms with Crippen molar-refractivity contribution in [3.05, 3.63) is 0 Å². The molecular weight excluding hydrogens is 356 g/mol. The van der Waals surface area contributed by atoms with Gasteiger partial charge >= 0.3 is 12.1 Å². The fraction of sp³-hybridized carbons (Fsp3) is 0.833. The van der Waals surface area contributed by atoms with Crippen molar-refractivity contribution in [3.63, 3.8) is 0 Å². The number of amides is 2. The van der Waals surface area contributed by atoms with Gasteiger partial charge in [-0.2, -0.15) is 0 Å². The van der Waals surface area contributed by atoms with E-state index in [1.807, 2.05) is 0 Å². The monoisotopic (exact) mass is 386 g/mol. The van der Waals surface area contributed by atoms with E-state index >= 15 is 0 Å². The summed E-state index contributed by atoms with van der Waals surface area (Å²) in [5.74, 6) is -0.926. The number of carbonyl (C=O) groups excluding carboxylic acids is 3. The number of carbonyl (C=O) groups is 3. The molecule has 1 N–H and O–H groups in total. The quantitative estimate of drug-likeness (QED) is 0.617. The van der Waals surface area contributed by atoms with Crippen molar-refractivity contribution < 1.29 is 33.3 Å². The number of rotatable bonds is 8. The van der Waals surface area contributed by atoms with E-state index in [1.54, 1.807) is 18.7 Å². The summed E-state index contributed by atoms with van der Waals surface area (Å²) in [4.78, 5) is 37.1. The van der Waals surface area contributed by atoms with Crippen LogP contribution in [0.4, 0.5) is 4.79 Å². The van der Waals surface area contributed by atoms with Gasteiger partial charge in [-0.3, -0.25) is 4.79 Å². The highest BCUT2D eigenvalue weighted by Gasteiger charge is 2.25. The van der Waals surface area contributed by atoms with Crippen molar-refractivity contribution in [2.24, 2.45) is 0 Å². The lowest BCUT2D eigenvalue weighted by Crippen LogP contribution is -2.47. The summed E-state index contributed by atoms with van der Waals surface area (Å²) in [5, 5.41) is 2.83. The van der Waals surface area contributed by atoms with Crippen LogP contribution in [0.2, 0.25) is 0 Å². The molecule has 0 saturated carbocycles. The summed E-state index contributed by atoms with van der Waals surface area (Å²) in [5.41, 5.74) is 0. The van der Waals surface area contributed by atoms with Gasteiger partial charge in [-0.05, 0) is 39.5 Å². The molecule has 0 aromatic rings. The molecule has 2 rings (SSSR count). The zero-order valence-corrected chi connectivity index (χ0v) is 16.1. The summed E-state index contributed by atoms with van der Waals surface area (Å²) in [6.07, 6.45) is 2.18. The summed E-state index contributed by atoms with van der Waals surface area (Å²) >= 11 is 0. The highest BCUT2D eigenvalue weighted by molar-refractivity contribution is 5.82. The Bertz CT molecular complexity index is 500. The highest BCUT2D eigenvalue weighted by atomic mass is 16.6. The van der Waals surface area contributed by atoms with Crippen molar-refractivity contribution in [1.82, 2.24) is 10.2 Å². The molecule has 0 spiro atoms. The molecular formula is C18H30N2O7. The molecule has 154 valence electrons. The van der Waals surface area contributed by atoms with E-state index in [0.29, 0.717) is 39.1 Å². The van der Waals surface area contributed by atoms with Gasteiger partial charge in [0.2, 0.25) is 0 Å². The summed E-state index contributed by atoms with van der Waals surface area (Å²) in [6.45, 7) is 5.49. The van der Waals surface area contributed by atoms with Crippen LogP contribution in [0.25, 0.3) is 0 Å². The molecule has 2 atom stereocenters. The molecule has 27 heavy (non-hydrogen) atoms. The first-order valence-electron chi connectivity index (χ1n) is 9.60. The van der Waals surface area contributed by atoms with Gasteiger partial charge in [-0.15, -0.1) is 0 Å². The number of ether oxygens (including phenoxy) is 4. The van der Waals surface area contributed by atoms with Crippen molar-refractivity contribution in [3.8, 4) is 0 Å². The molecule has 2 fully saturated rings. The molecule has 2 amide bonds. The topological polar surface area (TPSA) is 103 Å². The minimum atomic E-state index is -0.741. The lowest BCUT2D eigenvalue weighted by Gasteiger charge is -2.31. The van der Waals surface area contributed by atoms with Crippen LogP contribution in [0.1, 0.15) is 39.5 Å². The minimum absolute atomic E-state index is 0.0315. The SMILES string of the molecule is CCOC(=O)N1CCC(NC(=O)COC(=O)C(C)OCC2CCCO2)CC1. The molecule has 0 aromatic carbocycles. The van der Waals surface area contributed by atoms with Crippen molar-refractivity contribution in [1.29, 1.82) is 0 Å². The van der Waals surface area contributed by atoms with E-state index in [1.165, 1.54) is 0 Å². The summed E-state index contributed by atoms with van der Waals surface area (Å²) < 4.78 is 20.8. The van der Waals surface area contributed by atoms with Crippen LogP contribution in [0, 0.1) is 0 Å². The molecule has 9 heteroatoms. The van der Waals surface area contributed by atoms with Crippen LogP contribution < -0.4 is 5.32 Å². The smallest absolute Gasteiger partial charge is 0.409 e. The highest BCUT2D eigenvalue weighted by Crippen LogP contribution is 2.13. The number of hydrogen-bond acceptors (Lipinski definition) is 7. The second-order valence-corrected chi connectivity index (χ2v) is 6.75. The van der Waals surface area contributed by atoms with Crippen molar-refractivity contribution in [2.45, 2.75) is 57.8 Å². The minimum Gasteiger partial charge on any atom is -0.454 e. The van der Waals surface area contributed by atoms with E-state index < -0.39 is 12.1 Å². The van der Waals surface area contributed by atoms with Crippen LogP contribution in [0.3, 0.4) is 0 Å². The van der Waals surface area contributed by atoms with Crippen molar-refractivity contribution >= 4 is 18.0 Å². The molecule has 0 aliphatic carbocycles. The second kappa shape index (κ2) is 11.1. The van der Waals surface area contributed by atoms with Gasteiger partial charge in [0, 0.05) is 25.7 Å². The molecule has 0 radical (unpaired) electrons. The Morgan fingerprint density at radius 1 is 1.19 bits per heavy atom. The van der Waals surface area contributed by atoms with Gasteiger partial charge in [-0.1, -0.05) is 0 Å². The fourth-order valence-electron chi connectivity index (χ4n) is 3.04. The largest absolute Gasteiger partial charge is 0.454 e. The second-order valence-electron chi connectivity index (χ2n) is 6.75. The first-order valence-corrected chi connectivity index (χ1v) is 9.60. The van der Waals surface area contributed by atoms with Crippen LogP contribution in [0.5, 0.6) is 0 Å². The third-order valence-electron chi connectivity index (χ3n) is 4.62. The van der Waals surface area contributed by atoms with Gasteiger partial charge in [0.1, 0.15) is 0 Å². The molecule has 2 aliphatic rings. The molecule has 2 saturated heterocycles. The predicted octanol–water partition coefficient (Wildman–Crippen LogP) is 0.851. The third-order valence-corrected chi connectivity index (χ3v) is 4.62. The van der Waals surface area contributed by atoms with Crippen LogP contribution in [-0.2, 0) is 28.5 Å². The van der Waals surface area contributed by atoms with Crippen LogP contribution in [-0.4, -0.2) is 80.6 Å². The van der Waals surface area contributed by atoms with E-state index in [-0.39, 0.29) is 30.8 Å². The van der Waals surface area contributed by atoms with E-state index in [2.05, 4.69) is 5.32 Å². The maximum Gasteiger partial charge on any atom is 0.409 e. The van der Waals surface area contributed by atoms with Gasteiger partial charge < -0.3 is 29.2 Å².